The maximum absolute atomic E-state index is 4.42. The van der Waals surface area contributed by atoms with Crippen LogP contribution in [0.3, 0.4) is 0 Å². The SMILES string of the molecule is Cc1cc(C)cc(-n2cc(CCCBr)cn2)c1. The topological polar surface area (TPSA) is 17.8 Å². The fraction of sp³-hybridized carbons (Fsp3) is 0.357. The van der Waals surface area contributed by atoms with Gasteiger partial charge in [-0.3, -0.25) is 0 Å². The first-order valence-electron chi connectivity index (χ1n) is 5.87. The van der Waals surface area contributed by atoms with E-state index < -0.39 is 0 Å². The summed E-state index contributed by atoms with van der Waals surface area (Å²) < 4.78 is 1.96. The highest BCUT2D eigenvalue weighted by atomic mass is 79.9. The van der Waals surface area contributed by atoms with E-state index in [0.29, 0.717) is 0 Å². The molecule has 0 saturated carbocycles. The van der Waals surface area contributed by atoms with Gasteiger partial charge in [0.2, 0.25) is 0 Å². The molecule has 0 unspecified atom stereocenters. The lowest BCUT2D eigenvalue weighted by atomic mass is 10.1. The van der Waals surface area contributed by atoms with Gasteiger partial charge in [-0.1, -0.05) is 22.0 Å². The third kappa shape index (κ3) is 3.19. The summed E-state index contributed by atoms with van der Waals surface area (Å²) >= 11 is 3.45. The minimum Gasteiger partial charge on any atom is -0.241 e. The maximum Gasteiger partial charge on any atom is 0.0650 e. The molecule has 0 atom stereocenters. The van der Waals surface area contributed by atoms with Gasteiger partial charge in [-0.2, -0.15) is 5.10 Å². The molecule has 0 N–H and O–H groups in total. The van der Waals surface area contributed by atoms with E-state index in [1.807, 2.05) is 10.9 Å². The molecule has 2 rings (SSSR count). The second-order valence-corrected chi connectivity index (χ2v) is 5.22. The smallest absolute Gasteiger partial charge is 0.0650 e. The number of benzene rings is 1. The minimum atomic E-state index is 1.04. The highest BCUT2D eigenvalue weighted by Gasteiger charge is 2.02. The fourth-order valence-electron chi connectivity index (χ4n) is 1.98. The lowest BCUT2D eigenvalue weighted by molar-refractivity contribution is 0.875. The summed E-state index contributed by atoms with van der Waals surface area (Å²) in [5.41, 5.74) is 4.99. The molecule has 90 valence electrons. The zero-order valence-corrected chi connectivity index (χ0v) is 11.9. The van der Waals surface area contributed by atoms with Crippen molar-refractivity contribution in [2.75, 3.05) is 5.33 Å². The van der Waals surface area contributed by atoms with Crippen LogP contribution in [0, 0.1) is 13.8 Å². The van der Waals surface area contributed by atoms with Crippen molar-refractivity contribution in [3.05, 3.63) is 47.3 Å². The summed E-state index contributed by atoms with van der Waals surface area (Å²) in [7, 11) is 0. The second-order valence-electron chi connectivity index (χ2n) is 4.43. The first kappa shape index (κ1) is 12.4. The number of halogens is 1. The van der Waals surface area contributed by atoms with E-state index >= 15 is 0 Å². The third-order valence-electron chi connectivity index (χ3n) is 2.71. The Balaban J connectivity index is 2.24. The largest absolute Gasteiger partial charge is 0.241 e. The van der Waals surface area contributed by atoms with Crippen LogP contribution in [0.4, 0.5) is 0 Å². The first-order valence-corrected chi connectivity index (χ1v) is 6.99. The Labute approximate surface area is 111 Å². The number of alkyl halides is 1. The van der Waals surface area contributed by atoms with Gasteiger partial charge in [0.1, 0.15) is 0 Å². The summed E-state index contributed by atoms with van der Waals surface area (Å²) in [6.07, 6.45) is 6.31. The highest BCUT2D eigenvalue weighted by Crippen LogP contribution is 2.14. The van der Waals surface area contributed by atoms with Crippen molar-refractivity contribution in [3.8, 4) is 5.69 Å². The Morgan fingerprint density at radius 1 is 1.18 bits per heavy atom. The zero-order chi connectivity index (χ0) is 12.3. The van der Waals surface area contributed by atoms with E-state index in [1.54, 1.807) is 0 Å². The van der Waals surface area contributed by atoms with Crippen molar-refractivity contribution in [3.63, 3.8) is 0 Å². The molecule has 1 heterocycles. The van der Waals surface area contributed by atoms with Gasteiger partial charge in [-0.15, -0.1) is 0 Å². The molecule has 0 saturated heterocycles. The number of aromatic nitrogens is 2. The molecule has 0 amide bonds. The van der Waals surface area contributed by atoms with Crippen LogP contribution in [0.1, 0.15) is 23.1 Å². The molecule has 0 spiro atoms. The molecule has 3 heteroatoms. The summed E-state index contributed by atoms with van der Waals surface area (Å²) in [6.45, 7) is 4.23. The molecule has 0 aliphatic rings. The summed E-state index contributed by atoms with van der Waals surface area (Å²) in [5.74, 6) is 0. The lowest BCUT2D eigenvalue weighted by Gasteiger charge is -2.04. The first-order chi connectivity index (χ1) is 8.19. The van der Waals surface area contributed by atoms with E-state index in [-0.39, 0.29) is 0 Å². The standard InChI is InChI=1S/C14H17BrN2/c1-11-6-12(2)8-14(7-11)17-10-13(9-16-17)4-3-5-15/h6-10H,3-5H2,1-2H3. The molecule has 2 aromatic rings. The van der Waals surface area contributed by atoms with Gasteiger partial charge in [0.15, 0.2) is 0 Å². The van der Waals surface area contributed by atoms with Crippen molar-refractivity contribution in [2.24, 2.45) is 0 Å². The molecule has 0 fully saturated rings. The normalized spacial score (nSPS) is 10.8. The van der Waals surface area contributed by atoms with Gasteiger partial charge in [-0.05, 0) is 55.5 Å². The van der Waals surface area contributed by atoms with E-state index in [0.717, 1.165) is 23.9 Å². The maximum atomic E-state index is 4.42. The van der Waals surface area contributed by atoms with Crippen LogP contribution in [0.2, 0.25) is 0 Å². The quantitative estimate of drug-likeness (QED) is 0.784. The van der Waals surface area contributed by atoms with E-state index in [2.05, 4.69) is 59.3 Å². The van der Waals surface area contributed by atoms with Crippen molar-refractivity contribution < 1.29 is 0 Å². The fourth-order valence-corrected chi connectivity index (χ4v) is 2.26. The summed E-state index contributed by atoms with van der Waals surface area (Å²) in [4.78, 5) is 0. The summed E-state index contributed by atoms with van der Waals surface area (Å²) in [6, 6.07) is 6.50. The van der Waals surface area contributed by atoms with Crippen LogP contribution < -0.4 is 0 Å². The number of rotatable bonds is 4. The van der Waals surface area contributed by atoms with Crippen LogP contribution in [0.25, 0.3) is 5.69 Å². The molecule has 0 aliphatic heterocycles. The van der Waals surface area contributed by atoms with Gasteiger partial charge in [0, 0.05) is 11.5 Å². The molecule has 1 aromatic heterocycles. The van der Waals surface area contributed by atoms with Gasteiger partial charge in [0.05, 0.1) is 11.9 Å². The Morgan fingerprint density at radius 3 is 2.53 bits per heavy atom. The molecule has 0 radical (unpaired) electrons. The van der Waals surface area contributed by atoms with Crippen molar-refractivity contribution in [1.82, 2.24) is 9.78 Å². The van der Waals surface area contributed by atoms with E-state index in [1.165, 1.54) is 16.7 Å². The third-order valence-corrected chi connectivity index (χ3v) is 3.27. The molecule has 0 aliphatic carbocycles. The number of nitrogens with zero attached hydrogens (tertiary/aromatic N) is 2. The highest BCUT2D eigenvalue weighted by molar-refractivity contribution is 9.09. The van der Waals surface area contributed by atoms with Gasteiger partial charge in [0.25, 0.3) is 0 Å². The Hall–Kier alpha value is -1.09. The Kier molecular flexibility index (Phi) is 4.00. The predicted octanol–water partition coefficient (Wildman–Crippen LogP) is 3.82. The van der Waals surface area contributed by atoms with Crippen LogP contribution in [-0.2, 0) is 6.42 Å². The lowest BCUT2D eigenvalue weighted by Crippen LogP contribution is -1.95. The molecule has 0 bridgehead atoms. The molecule has 1 aromatic carbocycles. The minimum absolute atomic E-state index is 1.04. The van der Waals surface area contributed by atoms with Gasteiger partial charge < -0.3 is 0 Å². The van der Waals surface area contributed by atoms with Crippen molar-refractivity contribution >= 4 is 15.9 Å². The Morgan fingerprint density at radius 2 is 1.88 bits per heavy atom. The monoisotopic (exact) mass is 292 g/mol. The van der Waals surface area contributed by atoms with E-state index in [4.69, 9.17) is 0 Å². The van der Waals surface area contributed by atoms with Crippen molar-refractivity contribution in [1.29, 1.82) is 0 Å². The molecular weight excluding hydrogens is 276 g/mol. The van der Waals surface area contributed by atoms with Crippen LogP contribution in [0.5, 0.6) is 0 Å². The summed E-state index contributed by atoms with van der Waals surface area (Å²) in [5, 5.41) is 5.47. The molecule has 2 nitrogen and oxygen atoms in total. The molecule has 17 heavy (non-hydrogen) atoms. The average Bonchev–Trinajstić information content (AvgIpc) is 2.73. The number of hydrogen-bond donors (Lipinski definition) is 0. The van der Waals surface area contributed by atoms with Gasteiger partial charge in [-0.25, -0.2) is 4.68 Å². The van der Waals surface area contributed by atoms with Crippen molar-refractivity contribution in [2.45, 2.75) is 26.7 Å². The zero-order valence-electron chi connectivity index (χ0n) is 10.3. The van der Waals surface area contributed by atoms with Crippen LogP contribution in [0.15, 0.2) is 30.6 Å². The number of aryl methyl sites for hydroxylation is 3. The van der Waals surface area contributed by atoms with Crippen LogP contribution >= 0.6 is 15.9 Å². The van der Waals surface area contributed by atoms with Gasteiger partial charge >= 0.3 is 0 Å². The van der Waals surface area contributed by atoms with E-state index in [9.17, 15) is 0 Å². The van der Waals surface area contributed by atoms with Crippen LogP contribution in [-0.4, -0.2) is 15.1 Å². The second kappa shape index (κ2) is 5.50. The Bertz CT molecular complexity index is 482. The average molecular weight is 293 g/mol. The molecular formula is C14H17BrN2. The number of hydrogen-bond acceptors (Lipinski definition) is 1. The predicted molar refractivity (Wildman–Crippen MR) is 75.2 cm³/mol.